The van der Waals surface area contributed by atoms with E-state index in [9.17, 15) is 0 Å². The molecule has 0 N–H and O–H groups in total. The van der Waals surface area contributed by atoms with Crippen LogP contribution in [0.3, 0.4) is 0 Å². The van der Waals surface area contributed by atoms with E-state index in [-0.39, 0.29) is 5.41 Å². The summed E-state index contributed by atoms with van der Waals surface area (Å²) in [6, 6.07) is 16.1. The van der Waals surface area contributed by atoms with Crippen LogP contribution in [0.5, 0.6) is 5.75 Å². The van der Waals surface area contributed by atoms with E-state index in [0.29, 0.717) is 0 Å². The highest BCUT2D eigenvalue weighted by molar-refractivity contribution is 9.10. The van der Waals surface area contributed by atoms with E-state index in [1.54, 1.807) is 7.11 Å². The molecule has 20 heavy (non-hydrogen) atoms. The molecule has 2 rings (SSSR count). The van der Waals surface area contributed by atoms with Crippen LogP contribution in [0.4, 0.5) is 0 Å². The Hall–Kier alpha value is -1.72. The van der Waals surface area contributed by atoms with E-state index in [4.69, 9.17) is 4.74 Å². The Bertz CT molecular complexity index is 628. The summed E-state index contributed by atoms with van der Waals surface area (Å²) in [7, 11) is 1.67. The van der Waals surface area contributed by atoms with Crippen molar-refractivity contribution in [3.05, 3.63) is 64.1 Å². The number of ether oxygens (including phenoxy) is 1. The molecule has 0 fully saturated rings. The predicted octanol–water partition coefficient (Wildman–Crippen LogP) is 4.79. The fraction of sp³-hybridized carbons (Fsp3) is 0.222. The Morgan fingerprint density at radius 2 is 1.55 bits per heavy atom. The number of benzene rings is 2. The third-order valence-corrected chi connectivity index (χ3v) is 3.70. The largest absolute Gasteiger partial charge is 0.497 e. The third kappa shape index (κ3) is 3.65. The highest BCUT2D eigenvalue weighted by Crippen LogP contribution is 2.24. The Morgan fingerprint density at radius 1 is 0.950 bits per heavy atom. The summed E-state index contributed by atoms with van der Waals surface area (Å²) < 4.78 is 6.25. The zero-order valence-electron chi connectivity index (χ0n) is 11.9. The van der Waals surface area contributed by atoms with E-state index in [1.807, 2.05) is 36.4 Å². The van der Waals surface area contributed by atoms with E-state index in [1.165, 1.54) is 5.56 Å². The predicted molar refractivity (Wildman–Crippen MR) is 87.0 cm³/mol. The van der Waals surface area contributed by atoms with Gasteiger partial charge in [0.2, 0.25) is 0 Å². The van der Waals surface area contributed by atoms with Crippen molar-refractivity contribution < 1.29 is 4.74 Å². The van der Waals surface area contributed by atoms with Gasteiger partial charge in [-0.25, -0.2) is 0 Å². The van der Waals surface area contributed by atoms with Crippen molar-refractivity contribution in [3.8, 4) is 17.6 Å². The highest BCUT2D eigenvalue weighted by atomic mass is 79.9. The first-order valence-corrected chi connectivity index (χ1v) is 7.24. The number of halogens is 1. The van der Waals surface area contributed by atoms with Crippen LogP contribution in [0.15, 0.2) is 53.0 Å². The van der Waals surface area contributed by atoms with Gasteiger partial charge in [0, 0.05) is 10.0 Å². The second-order valence-electron chi connectivity index (χ2n) is 5.11. The van der Waals surface area contributed by atoms with Crippen molar-refractivity contribution in [1.82, 2.24) is 0 Å². The molecule has 0 bridgehead atoms. The topological polar surface area (TPSA) is 9.23 Å². The van der Waals surface area contributed by atoms with Crippen LogP contribution in [-0.4, -0.2) is 7.11 Å². The molecule has 1 nitrogen and oxygen atoms in total. The van der Waals surface area contributed by atoms with Crippen molar-refractivity contribution in [2.75, 3.05) is 7.11 Å². The highest BCUT2D eigenvalue weighted by Gasteiger charge is 2.17. The molecule has 0 saturated carbocycles. The van der Waals surface area contributed by atoms with E-state index >= 15 is 0 Å². The molecule has 0 saturated heterocycles. The van der Waals surface area contributed by atoms with Gasteiger partial charge in [0.15, 0.2) is 0 Å². The van der Waals surface area contributed by atoms with Gasteiger partial charge in [-0.3, -0.25) is 0 Å². The molecular weight excluding hydrogens is 312 g/mol. The fourth-order valence-corrected chi connectivity index (χ4v) is 2.11. The maximum Gasteiger partial charge on any atom is 0.118 e. The molecule has 0 radical (unpaired) electrons. The van der Waals surface area contributed by atoms with Crippen LogP contribution in [0.2, 0.25) is 0 Å². The van der Waals surface area contributed by atoms with Crippen molar-refractivity contribution in [3.63, 3.8) is 0 Å². The molecule has 0 spiro atoms. The second kappa shape index (κ2) is 6.15. The van der Waals surface area contributed by atoms with Gasteiger partial charge in [0.05, 0.1) is 12.5 Å². The Balaban J connectivity index is 2.24. The molecule has 0 aliphatic carbocycles. The van der Waals surface area contributed by atoms with Crippen LogP contribution in [-0.2, 0) is 5.41 Å². The summed E-state index contributed by atoms with van der Waals surface area (Å²) in [4.78, 5) is 0. The van der Waals surface area contributed by atoms with Gasteiger partial charge in [-0.05, 0) is 55.8 Å². The van der Waals surface area contributed by atoms with Gasteiger partial charge in [-0.15, -0.1) is 0 Å². The van der Waals surface area contributed by atoms with Crippen LogP contribution in [0, 0.1) is 11.8 Å². The van der Waals surface area contributed by atoms with Crippen LogP contribution in [0.25, 0.3) is 0 Å². The standard InChI is InChI=1S/C18H17BrO/c1-18(2,15-6-10-17(20-3)11-7-15)13-12-14-4-8-16(19)9-5-14/h4-11H,1-3H3. The summed E-state index contributed by atoms with van der Waals surface area (Å²) in [6.07, 6.45) is 0. The molecule has 0 atom stereocenters. The van der Waals surface area contributed by atoms with Crippen molar-refractivity contribution in [2.24, 2.45) is 0 Å². The van der Waals surface area contributed by atoms with Crippen LogP contribution >= 0.6 is 15.9 Å². The molecule has 0 unspecified atom stereocenters. The van der Waals surface area contributed by atoms with Crippen molar-refractivity contribution >= 4 is 15.9 Å². The normalized spacial score (nSPS) is 10.6. The number of methoxy groups -OCH3 is 1. The molecule has 102 valence electrons. The Labute approximate surface area is 129 Å². The summed E-state index contributed by atoms with van der Waals surface area (Å²) >= 11 is 3.43. The minimum absolute atomic E-state index is 0.195. The minimum atomic E-state index is -0.195. The first-order valence-electron chi connectivity index (χ1n) is 6.44. The lowest BCUT2D eigenvalue weighted by Crippen LogP contribution is -2.14. The maximum atomic E-state index is 5.18. The molecule has 0 aliphatic rings. The van der Waals surface area contributed by atoms with Gasteiger partial charge in [0.25, 0.3) is 0 Å². The number of hydrogen-bond donors (Lipinski definition) is 0. The van der Waals surface area contributed by atoms with Gasteiger partial charge in [-0.2, -0.15) is 0 Å². The van der Waals surface area contributed by atoms with Gasteiger partial charge in [0.1, 0.15) is 5.75 Å². The third-order valence-electron chi connectivity index (χ3n) is 3.18. The molecule has 0 heterocycles. The SMILES string of the molecule is COc1ccc(C(C)(C)C#Cc2ccc(Br)cc2)cc1. The quantitative estimate of drug-likeness (QED) is 0.720. The van der Waals surface area contributed by atoms with Crippen molar-refractivity contribution in [2.45, 2.75) is 19.3 Å². The molecule has 0 aliphatic heterocycles. The zero-order chi connectivity index (χ0) is 14.6. The van der Waals surface area contributed by atoms with Gasteiger partial charge < -0.3 is 4.74 Å². The molecule has 0 amide bonds. The average Bonchev–Trinajstić information content (AvgIpc) is 2.47. The monoisotopic (exact) mass is 328 g/mol. The summed E-state index contributed by atoms with van der Waals surface area (Å²) in [5, 5.41) is 0. The van der Waals surface area contributed by atoms with Gasteiger partial charge >= 0.3 is 0 Å². The smallest absolute Gasteiger partial charge is 0.118 e. The van der Waals surface area contributed by atoms with E-state index in [0.717, 1.165) is 15.8 Å². The fourth-order valence-electron chi connectivity index (χ4n) is 1.84. The lowest BCUT2D eigenvalue weighted by Gasteiger charge is -2.18. The molecule has 2 aromatic rings. The first-order chi connectivity index (χ1) is 9.51. The van der Waals surface area contributed by atoms with Crippen molar-refractivity contribution in [1.29, 1.82) is 0 Å². The van der Waals surface area contributed by atoms with Gasteiger partial charge in [-0.1, -0.05) is 39.9 Å². The maximum absolute atomic E-state index is 5.18. The minimum Gasteiger partial charge on any atom is -0.497 e. The first kappa shape index (κ1) is 14.7. The summed E-state index contributed by atoms with van der Waals surface area (Å²) in [6.45, 7) is 4.25. The number of hydrogen-bond acceptors (Lipinski definition) is 1. The summed E-state index contributed by atoms with van der Waals surface area (Å²) in [5.74, 6) is 7.45. The van der Waals surface area contributed by atoms with Crippen LogP contribution < -0.4 is 4.74 Å². The average molecular weight is 329 g/mol. The van der Waals surface area contributed by atoms with E-state index < -0.39 is 0 Å². The lowest BCUT2D eigenvalue weighted by molar-refractivity contribution is 0.414. The van der Waals surface area contributed by atoms with E-state index in [2.05, 4.69) is 53.8 Å². The molecule has 0 aromatic heterocycles. The number of rotatable bonds is 2. The second-order valence-corrected chi connectivity index (χ2v) is 6.03. The molecular formula is C18H17BrO. The molecule has 2 heteroatoms. The van der Waals surface area contributed by atoms with Crippen LogP contribution in [0.1, 0.15) is 25.0 Å². The lowest BCUT2D eigenvalue weighted by atomic mass is 9.85. The summed E-state index contributed by atoms with van der Waals surface area (Å²) in [5.41, 5.74) is 2.01. The Morgan fingerprint density at radius 3 is 2.10 bits per heavy atom. The Kier molecular flexibility index (Phi) is 4.52. The zero-order valence-corrected chi connectivity index (χ0v) is 13.5. The molecule has 2 aromatic carbocycles.